The summed E-state index contributed by atoms with van der Waals surface area (Å²) in [6, 6.07) is 0. The molecule has 0 heterocycles. The van der Waals surface area contributed by atoms with Crippen LogP contribution in [0.4, 0.5) is 0 Å². The summed E-state index contributed by atoms with van der Waals surface area (Å²) in [5, 5.41) is 0. The first-order chi connectivity index (χ1) is 5.45. The van der Waals surface area contributed by atoms with Crippen molar-refractivity contribution in [3.63, 3.8) is 0 Å². The highest BCUT2D eigenvalue weighted by Gasteiger charge is 2.07. The number of carbonyl (C=O) groups excluding carboxylic acids is 1. The van der Waals surface area contributed by atoms with Crippen LogP contribution in [0, 0.1) is 11.5 Å². The Bertz CT molecular complexity index is 209. The van der Waals surface area contributed by atoms with Gasteiger partial charge in [0.2, 0.25) is 0 Å². The molecule has 4 heteroatoms. The van der Waals surface area contributed by atoms with Gasteiger partial charge in [-0.25, -0.2) is 0 Å². The van der Waals surface area contributed by atoms with E-state index >= 15 is 0 Å². The molecule has 0 unspecified atom stereocenters. The van der Waals surface area contributed by atoms with Crippen molar-refractivity contribution in [1.82, 2.24) is 0 Å². The molecule has 68 valence electrons. The fraction of sp³-hybridized carbons (Fsp3) is 0.625. The summed E-state index contributed by atoms with van der Waals surface area (Å²) in [7, 11) is -1.28. The van der Waals surface area contributed by atoms with E-state index in [0.29, 0.717) is 6.42 Å². The van der Waals surface area contributed by atoms with Crippen LogP contribution in [0.15, 0.2) is 0 Å². The molecule has 0 aliphatic rings. The minimum absolute atomic E-state index is 0.286. The van der Waals surface area contributed by atoms with Gasteiger partial charge in [-0.15, -0.1) is 11.5 Å². The molecule has 0 amide bonds. The summed E-state index contributed by atoms with van der Waals surface area (Å²) >= 11 is 0. The van der Waals surface area contributed by atoms with Gasteiger partial charge in [0.25, 0.3) is 0 Å². The van der Waals surface area contributed by atoms with Crippen molar-refractivity contribution in [2.24, 2.45) is 5.90 Å². The van der Waals surface area contributed by atoms with Crippen LogP contribution in [-0.4, -0.2) is 14.0 Å². The maximum absolute atomic E-state index is 10.5. The third kappa shape index (κ3) is 7.32. The zero-order chi connectivity index (χ0) is 9.61. The summed E-state index contributed by atoms with van der Waals surface area (Å²) < 4.78 is 0. The van der Waals surface area contributed by atoms with Gasteiger partial charge in [-0.2, -0.15) is 5.90 Å². The van der Waals surface area contributed by atoms with Crippen LogP contribution in [0.1, 0.15) is 12.8 Å². The largest absolute Gasteiger partial charge is 0.373 e. The molecule has 0 spiro atoms. The van der Waals surface area contributed by atoms with Crippen molar-refractivity contribution in [3.8, 4) is 11.5 Å². The zero-order valence-corrected chi connectivity index (χ0v) is 8.81. The van der Waals surface area contributed by atoms with E-state index in [1.54, 1.807) is 0 Å². The maximum Gasteiger partial charge on any atom is 0.325 e. The number of carbonyl (C=O) groups is 1. The predicted octanol–water partition coefficient (Wildman–Crippen LogP) is 1.06. The van der Waals surface area contributed by atoms with Gasteiger partial charge in [-0.3, -0.25) is 4.79 Å². The van der Waals surface area contributed by atoms with Gasteiger partial charge in [0.05, 0.1) is 6.42 Å². The molecule has 0 aliphatic carbocycles. The lowest BCUT2D eigenvalue weighted by Gasteiger charge is -2.02. The van der Waals surface area contributed by atoms with E-state index in [1.807, 2.05) is 0 Å². The van der Waals surface area contributed by atoms with Crippen LogP contribution in [0.25, 0.3) is 0 Å². The van der Waals surface area contributed by atoms with E-state index < -0.39 is 14.0 Å². The monoisotopic (exact) mass is 185 g/mol. The van der Waals surface area contributed by atoms with E-state index in [0.717, 1.165) is 0 Å². The van der Waals surface area contributed by atoms with Gasteiger partial charge in [0.15, 0.2) is 0 Å². The molecule has 0 saturated carbocycles. The number of nitrogens with two attached hydrogens (primary N) is 1. The molecule has 0 atom stereocenters. The van der Waals surface area contributed by atoms with Crippen LogP contribution in [0.3, 0.4) is 0 Å². The first kappa shape index (κ1) is 11.2. The maximum atomic E-state index is 10.5. The van der Waals surface area contributed by atoms with E-state index in [9.17, 15) is 4.79 Å². The molecule has 0 aliphatic heterocycles. The minimum Gasteiger partial charge on any atom is -0.373 e. The Morgan fingerprint density at radius 3 is 2.50 bits per heavy atom. The van der Waals surface area contributed by atoms with E-state index in [1.165, 1.54) is 0 Å². The molecule has 0 aromatic heterocycles. The molecule has 0 bridgehead atoms. The highest BCUT2D eigenvalue weighted by molar-refractivity contribution is 6.83. The van der Waals surface area contributed by atoms with Crippen molar-refractivity contribution in [2.45, 2.75) is 32.5 Å². The molecule has 0 saturated heterocycles. The van der Waals surface area contributed by atoms with Crippen LogP contribution >= 0.6 is 0 Å². The third-order valence-corrected chi connectivity index (χ3v) is 1.98. The Morgan fingerprint density at radius 2 is 2.08 bits per heavy atom. The quantitative estimate of drug-likeness (QED) is 0.397. The fourth-order valence-electron chi connectivity index (χ4n) is 0.551. The van der Waals surface area contributed by atoms with Crippen molar-refractivity contribution >= 4 is 14.0 Å². The lowest BCUT2D eigenvalue weighted by molar-refractivity contribution is -0.144. The summed E-state index contributed by atoms with van der Waals surface area (Å²) in [6.07, 6.45) is 0.828. The van der Waals surface area contributed by atoms with Crippen molar-refractivity contribution in [2.75, 3.05) is 0 Å². The molecule has 12 heavy (non-hydrogen) atoms. The van der Waals surface area contributed by atoms with E-state index in [2.05, 4.69) is 41.8 Å². The van der Waals surface area contributed by atoms with Crippen LogP contribution in [0.2, 0.25) is 19.6 Å². The Kier molecular flexibility index (Phi) is 4.63. The van der Waals surface area contributed by atoms with Crippen molar-refractivity contribution < 1.29 is 9.63 Å². The second-order valence-corrected chi connectivity index (χ2v) is 8.29. The molecule has 0 rings (SSSR count). The highest BCUT2D eigenvalue weighted by Crippen LogP contribution is 1.97. The lowest BCUT2D eigenvalue weighted by atomic mass is 10.3. The third-order valence-electron chi connectivity index (χ3n) is 1.05. The zero-order valence-electron chi connectivity index (χ0n) is 7.81. The minimum atomic E-state index is -1.28. The topological polar surface area (TPSA) is 52.3 Å². The molecule has 2 N–H and O–H groups in total. The summed E-state index contributed by atoms with van der Waals surface area (Å²) in [6.45, 7) is 6.46. The van der Waals surface area contributed by atoms with E-state index in [-0.39, 0.29) is 6.42 Å². The van der Waals surface area contributed by atoms with Crippen LogP contribution in [0.5, 0.6) is 0 Å². The average Bonchev–Trinajstić information content (AvgIpc) is 1.96. The van der Waals surface area contributed by atoms with Gasteiger partial charge in [0, 0.05) is 6.42 Å². The SMILES string of the molecule is C[Si](C)(C)C#CCCC(=O)ON. The van der Waals surface area contributed by atoms with Crippen molar-refractivity contribution in [3.05, 3.63) is 0 Å². The predicted molar refractivity (Wildman–Crippen MR) is 50.6 cm³/mol. The van der Waals surface area contributed by atoms with Gasteiger partial charge in [-0.05, 0) is 0 Å². The highest BCUT2D eigenvalue weighted by atomic mass is 28.3. The number of hydrogen-bond donors (Lipinski definition) is 1. The molecule has 0 radical (unpaired) electrons. The number of rotatable bonds is 2. The molecular formula is C8H15NO2Si. The molecule has 0 aromatic carbocycles. The van der Waals surface area contributed by atoms with Gasteiger partial charge in [0.1, 0.15) is 8.07 Å². The lowest BCUT2D eigenvalue weighted by Crippen LogP contribution is -2.16. The van der Waals surface area contributed by atoms with Crippen LogP contribution in [-0.2, 0) is 9.63 Å². The fourth-order valence-corrected chi connectivity index (χ4v) is 1.21. The standard InChI is InChI=1S/C8H15NO2Si/c1-12(2,3)7-5-4-6-8(10)11-9/h4,6,9H2,1-3H3. The molecule has 3 nitrogen and oxygen atoms in total. The summed E-state index contributed by atoms with van der Waals surface area (Å²) in [5.41, 5.74) is 3.14. The van der Waals surface area contributed by atoms with E-state index in [4.69, 9.17) is 0 Å². The Balaban J connectivity index is 3.67. The van der Waals surface area contributed by atoms with Gasteiger partial charge >= 0.3 is 5.97 Å². The van der Waals surface area contributed by atoms with Crippen LogP contribution < -0.4 is 5.90 Å². The molecule has 0 aromatic rings. The normalized spacial score (nSPS) is 10.0. The second-order valence-electron chi connectivity index (χ2n) is 3.54. The second kappa shape index (κ2) is 4.96. The Hall–Kier alpha value is -0.793. The van der Waals surface area contributed by atoms with Crippen molar-refractivity contribution in [1.29, 1.82) is 0 Å². The Morgan fingerprint density at radius 1 is 1.50 bits per heavy atom. The Labute approximate surface area is 74.2 Å². The molecule has 0 fully saturated rings. The van der Waals surface area contributed by atoms with Gasteiger partial charge in [-0.1, -0.05) is 19.6 Å². The smallest absolute Gasteiger partial charge is 0.325 e. The van der Waals surface area contributed by atoms with Gasteiger partial charge < -0.3 is 4.84 Å². The average molecular weight is 185 g/mol. The molecular weight excluding hydrogens is 170 g/mol. The first-order valence-corrected chi connectivity index (χ1v) is 7.35. The number of hydrogen-bond acceptors (Lipinski definition) is 3. The summed E-state index contributed by atoms with van der Waals surface area (Å²) in [5.74, 6) is 7.19. The summed E-state index contributed by atoms with van der Waals surface area (Å²) in [4.78, 5) is 14.5. The first-order valence-electron chi connectivity index (χ1n) is 3.85.